The summed E-state index contributed by atoms with van der Waals surface area (Å²) in [6.07, 6.45) is -8.64. The van der Waals surface area contributed by atoms with E-state index in [4.69, 9.17) is 0 Å². The van der Waals surface area contributed by atoms with Crippen molar-refractivity contribution in [1.29, 1.82) is 0 Å². The summed E-state index contributed by atoms with van der Waals surface area (Å²) in [5.74, 6) is -0.805. The molecule has 0 spiro atoms. The van der Waals surface area contributed by atoms with Gasteiger partial charge in [-0.1, -0.05) is 60.7 Å². The smallest absolute Gasteiger partial charge is 0.337 e. The van der Waals surface area contributed by atoms with Crippen molar-refractivity contribution < 1.29 is 31.1 Å². The van der Waals surface area contributed by atoms with Gasteiger partial charge in [0.1, 0.15) is 5.56 Å². The minimum Gasteiger partial charge on any atom is -0.337 e. The first-order valence-electron chi connectivity index (χ1n) is 13.5. The number of alkyl halides is 6. The van der Waals surface area contributed by atoms with Crippen LogP contribution in [0.1, 0.15) is 39.0 Å². The molecular formula is C33H24F6N2O2. The number of aryl methyl sites for hydroxylation is 2. The molecule has 0 bridgehead atoms. The molecule has 10 heteroatoms. The van der Waals surface area contributed by atoms with Gasteiger partial charge in [0.25, 0.3) is 11.5 Å². The van der Waals surface area contributed by atoms with Gasteiger partial charge in [0.15, 0.2) is 0 Å². The Hall–Kier alpha value is -4.60. The van der Waals surface area contributed by atoms with E-state index in [1.54, 1.807) is 10.6 Å². The summed E-state index contributed by atoms with van der Waals surface area (Å²) in [6.45, 7) is -0.215. The van der Waals surface area contributed by atoms with E-state index in [-0.39, 0.29) is 17.2 Å². The van der Waals surface area contributed by atoms with Crippen LogP contribution in [0.2, 0.25) is 0 Å². The molecule has 2 heterocycles. The molecule has 0 radical (unpaired) electrons. The topological polar surface area (TPSA) is 42.3 Å². The van der Waals surface area contributed by atoms with Gasteiger partial charge in [0, 0.05) is 31.1 Å². The molecule has 0 unspecified atom stereocenters. The number of para-hydroxylation sites is 1. The minimum atomic E-state index is -5.03. The van der Waals surface area contributed by atoms with Crippen LogP contribution in [0.25, 0.3) is 32.8 Å². The van der Waals surface area contributed by atoms with Gasteiger partial charge in [-0.25, -0.2) is 0 Å². The molecule has 4 nitrogen and oxygen atoms in total. The fourth-order valence-electron chi connectivity index (χ4n) is 6.00. The number of amides is 1. The van der Waals surface area contributed by atoms with Crippen LogP contribution in [0.4, 0.5) is 26.3 Å². The van der Waals surface area contributed by atoms with Gasteiger partial charge < -0.3 is 9.47 Å². The normalized spacial score (nSPS) is 13.5. The summed E-state index contributed by atoms with van der Waals surface area (Å²) in [5.41, 5.74) is -1.38. The molecule has 220 valence electrons. The van der Waals surface area contributed by atoms with E-state index >= 15 is 0 Å². The number of benzene rings is 4. The molecule has 0 N–H and O–H groups in total. The highest BCUT2D eigenvalue weighted by Gasteiger charge is 2.37. The quantitative estimate of drug-likeness (QED) is 0.198. The number of rotatable bonds is 4. The summed E-state index contributed by atoms with van der Waals surface area (Å²) >= 11 is 0. The molecule has 4 aromatic carbocycles. The Bertz CT molecular complexity index is 1940. The molecule has 1 aliphatic heterocycles. The number of halogens is 6. The van der Waals surface area contributed by atoms with Crippen LogP contribution in [0.15, 0.2) is 83.7 Å². The largest absolute Gasteiger partial charge is 0.416 e. The summed E-state index contributed by atoms with van der Waals surface area (Å²) in [7, 11) is 1.26. The maximum atomic E-state index is 14.1. The van der Waals surface area contributed by atoms with Crippen LogP contribution in [0.3, 0.4) is 0 Å². The third-order valence-electron chi connectivity index (χ3n) is 7.88. The summed E-state index contributed by atoms with van der Waals surface area (Å²) < 4.78 is 82.5. The third-order valence-corrected chi connectivity index (χ3v) is 7.88. The highest BCUT2D eigenvalue weighted by molar-refractivity contribution is 6.13. The van der Waals surface area contributed by atoms with Crippen LogP contribution >= 0.6 is 0 Å². The Labute approximate surface area is 241 Å². The van der Waals surface area contributed by atoms with Crippen LogP contribution < -0.4 is 5.56 Å². The van der Waals surface area contributed by atoms with E-state index in [2.05, 4.69) is 0 Å². The molecule has 0 aliphatic carbocycles. The Morgan fingerprint density at radius 3 is 2.16 bits per heavy atom. The highest BCUT2D eigenvalue weighted by Crippen LogP contribution is 2.39. The number of hydrogen-bond acceptors (Lipinski definition) is 2. The van der Waals surface area contributed by atoms with Gasteiger partial charge in [0.05, 0.1) is 16.6 Å². The predicted molar refractivity (Wildman–Crippen MR) is 152 cm³/mol. The zero-order valence-corrected chi connectivity index (χ0v) is 22.8. The zero-order valence-electron chi connectivity index (χ0n) is 22.8. The van der Waals surface area contributed by atoms with Gasteiger partial charge in [-0.3, -0.25) is 9.59 Å². The van der Waals surface area contributed by atoms with Gasteiger partial charge in [-0.2, -0.15) is 26.3 Å². The average molecular weight is 595 g/mol. The first-order chi connectivity index (χ1) is 20.3. The Balaban J connectivity index is 1.55. The Kier molecular flexibility index (Phi) is 6.82. The number of aromatic nitrogens is 1. The second kappa shape index (κ2) is 10.3. The first-order valence-corrected chi connectivity index (χ1v) is 13.5. The lowest BCUT2D eigenvalue weighted by Gasteiger charge is -2.26. The molecular weight excluding hydrogens is 570 g/mol. The predicted octanol–water partition coefficient (Wildman–Crippen LogP) is 8.08. The van der Waals surface area contributed by atoms with Gasteiger partial charge in [-0.15, -0.1) is 0 Å². The van der Waals surface area contributed by atoms with Crippen molar-refractivity contribution in [1.82, 2.24) is 9.47 Å². The maximum absolute atomic E-state index is 14.1. The lowest BCUT2D eigenvalue weighted by molar-refractivity contribution is -0.143. The monoisotopic (exact) mass is 594 g/mol. The maximum Gasteiger partial charge on any atom is 0.416 e. The molecule has 5 aromatic rings. The van der Waals surface area contributed by atoms with Crippen molar-refractivity contribution >= 4 is 27.6 Å². The fraction of sp³-hybridized carbons (Fsp3) is 0.212. The summed E-state index contributed by atoms with van der Waals surface area (Å²) in [5, 5.41) is 2.33. The third kappa shape index (κ3) is 5.04. The second-order valence-electron chi connectivity index (χ2n) is 10.7. The summed E-state index contributed by atoms with van der Waals surface area (Å²) in [4.78, 5) is 29.3. The molecule has 43 heavy (non-hydrogen) atoms. The lowest BCUT2D eigenvalue weighted by Crippen LogP contribution is -2.36. The molecule has 1 amide bonds. The SMILES string of the molecule is CN(Cc1cc(C(F)(F)F)cc(C(F)(F)F)c1)C(=O)c1c(-c2cccc3ccccc23)c2cccc3c2n(c1=O)CCC3. The van der Waals surface area contributed by atoms with Crippen LogP contribution in [0, 0.1) is 0 Å². The fourth-order valence-corrected chi connectivity index (χ4v) is 6.00. The lowest BCUT2D eigenvalue weighted by atomic mass is 9.89. The van der Waals surface area contributed by atoms with Gasteiger partial charge >= 0.3 is 12.4 Å². The van der Waals surface area contributed by atoms with E-state index in [1.165, 1.54) is 7.05 Å². The second-order valence-corrected chi connectivity index (χ2v) is 10.7. The van der Waals surface area contributed by atoms with E-state index in [0.717, 1.165) is 27.7 Å². The molecule has 1 aromatic heterocycles. The van der Waals surface area contributed by atoms with Gasteiger partial charge in [-0.05, 0) is 58.5 Å². The van der Waals surface area contributed by atoms with Crippen molar-refractivity contribution in [2.45, 2.75) is 38.3 Å². The van der Waals surface area contributed by atoms with Crippen LogP contribution in [0.5, 0.6) is 0 Å². The van der Waals surface area contributed by atoms with Crippen molar-refractivity contribution in [2.75, 3.05) is 7.05 Å². The minimum absolute atomic E-state index is 0.0437. The van der Waals surface area contributed by atoms with E-state index in [1.807, 2.05) is 54.6 Å². The van der Waals surface area contributed by atoms with E-state index < -0.39 is 41.5 Å². The zero-order chi connectivity index (χ0) is 30.7. The summed E-state index contributed by atoms with van der Waals surface area (Å²) in [6, 6.07) is 19.8. The van der Waals surface area contributed by atoms with E-state index in [9.17, 15) is 35.9 Å². The number of nitrogens with zero attached hydrogens (tertiary/aromatic N) is 2. The van der Waals surface area contributed by atoms with Crippen molar-refractivity contribution in [3.63, 3.8) is 0 Å². The number of fused-ring (bicyclic) bond motifs is 1. The van der Waals surface area contributed by atoms with Crippen molar-refractivity contribution in [3.8, 4) is 11.1 Å². The number of hydrogen-bond donors (Lipinski definition) is 0. The average Bonchev–Trinajstić information content (AvgIpc) is 2.97. The van der Waals surface area contributed by atoms with Crippen LogP contribution in [-0.4, -0.2) is 22.4 Å². The molecule has 0 fully saturated rings. The highest BCUT2D eigenvalue weighted by atomic mass is 19.4. The molecule has 0 saturated heterocycles. The number of carbonyl (C=O) groups excluding carboxylic acids is 1. The molecule has 6 rings (SSSR count). The Morgan fingerprint density at radius 2 is 1.47 bits per heavy atom. The molecule has 0 atom stereocenters. The Morgan fingerprint density at radius 1 is 0.837 bits per heavy atom. The van der Waals surface area contributed by atoms with Gasteiger partial charge in [0.2, 0.25) is 0 Å². The first kappa shape index (κ1) is 28.5. The van der Waals surface area contributed by atoms with E-state index in [0.29, 0.717) is 47.1 Å². The van der Waals surface area contributed by atoms with Crippen molar-refractivity contribution in [2.24, 2.45) is 0 Å². The molecule has 1 aliphatic rings. The van der Waals surface area contributed by atoms with Crippen LogP contribution in [-0.2, 0) is 31.9 Å². The number of pyridine rings is 1. The van der Waals surface area contributed by atoms with Crippen molar-refractivity contribution in [3.05, 3.63) is 117 Å². The number of carbonyl (C=O) groups is 1. The standard InChI is InChI=1S/C33H24F6N2O2/c1-40(18-19-15-22(32(34,35)36)17-23(16-19)33(37,38)39)30(42)28-27(25-12-4-8-20-7-2-3-11-24(20)25)26-13-5-9-21-10-6-14-41(29(21)26)31(28)43/h2-5,7-9,11-13,15-17H,6,10,14,18H2,1H3. The molecule has 0 saturated carbocycles.